The van der Waals surface area contributed by atoms with Crippen molar-refractivity contribution in [2.45, 2.75) is 41.5 Å². The molecule has 0 radical (unpaired) electrons. The highest BCUT2D eigenvalue weighted by molar-refractivity contribution is 5.11. The van der Waals surface area contributed by atoms with Gasteiger partial charge in [0, 0.05) is 0 Å². The van der Waals surface area contributed by atoms with Crippen molar-refractivity contribution in [2.75, 3.05) is 0 Å². The summed E-state index contributed by atoms with van der Waals surface area (Å²) in [5.41, 5.74) is 1.32. The molecule has 2 rings (SSSR count). The zero-order valence-corrected chi connectivity index (χ0v) is 12.0. The summed E-state index contributed by atoms with van der Waals surface area (Å²) >= 11 is 0. The molecule has 0 bridgehead atoms. The van der Waals surface area contributed by atoms with Gasteiger partial charge in [-0.2, -0.15) is 0 Å². The Morgan fingerprint density at radius 3 is 1.41 bits per heavy atom. The first-order valence-corrected chi connectivity index (χ1v) is 6.31. The molecule has 1 aromatic carbocycles. The predicted octanol–water partition coefficient (Wildman–Crippen LogP) is 5.64. The van der Waals surface area contributed by atoms with Crippen LogP contribution in [0.25, 0.3) is 0 Å². The molecule has 0 N–H and O–H groups in total. The number of furan rings is 1. The minimum absolute atomic E-state index is 0.968. The van der Waals surface area contributed by atoms with Crippen molar-refractivity contribution in [1.82, 2.24) is 0 Å². The lowest BCUT2D eigenvalue weighted by molar-refractivity contribution is 0.534. The number of rotatable bonds is 0. The quantitative estimate of drug-likeness (QED) is 0.575. The second kappa shape index (κ2) is 14.5. The van der Waals surface area contributed by atoms with Crippen molar-refractivity contribution < 1.29 is 4.42 Å². The topological polar surface area (TPSA) is 13.1 Å². The molecule has 1 aromatic heterocycles. The molecule has 0 aliphatic carbocycles. The van der Waals surface area contributed by atoms with Gasteiger partial charge in [0.05, 0.1) is 6.26 Å². The van der Waals surface area contributed by atoms with Crippen molar-refractivity contribution in [3.8, 4) is 0 Å². The van der Waals surface area contributed by atoms with Gasteiger partial charge in [-0.3, -0.25) is 0 Å². The van der Waals surface area contributed by atoms with Crippen LogP contribution in [0.1, 0.15) is 39.0 Å². The van der Waals surface area contributed by atoms with Gasteiger partial charge >= 0.3 is 0 Å². The van der Waals surface area contributed by atoms with Crippen molar-refractivity contribution in [3.63, 3.8) is 0 Å². The Hall–Kier alpha value is -1.50. The van der Waals surface area contributed by atoms with E-state index in [4.69, 9.17) is 4.42 Å². The van der Waals surface area contributed by atoms with Crippen molar-refractivity contribution >= 4 is 0 Å². The van der Waals surface area contributed by atoms with Crippen molar-refractivity contribution in [1.29, 1.82) is 0 Å². The third-order valence-corrected chi connectivity index (χ3v) is 1.60. The Kier molecular flexibility index (Phi) is 15.3. The van der Waals surface area contributed by atoms with Gasteiger partial charge in [0.15, 0.2) is 0 Å². The summed E-state index contributed by atoms with van der Waals surface area (Å²) in [5, 5.41) is 0. The monoisotopic (exact) mass is 234 g/mol. The molecule has 0 unspecified atom stereocenters. The average Bonchev–Trinajstić information content (AvgIpc) is 2.87. The fourth-order valence-corrected chi connectivity index (χ4v) is 0.895. The van der Waals surface area contributed by atoms with Gasteiger partial charge in [-0.1, -0.05) is 63.6 Å². The van der Waals surface area contributed by atoms with Crippen LogP contribution in [0.15, 0.2) is 53.1 Å². The average molecular weight is 234 g/mol. The van der Waals surface area contributed by atoms with E-state index in [-0.39, 0.29) is 0 Å². The fraction of sp³-hybridized carbons (Fsp3) is 0.375. The van der Waals surface area contributed by atoms with Crippen molar-refractivity contribution in [3.05, 3.63) is 60.1 Å². The molecule has 0 aliphatic rings. The molecule has 0 amide bonds. The van der Waals surface area contributed by atoms with Gasteiger partial charge in [0.1, 0.15) is 5.76 Å². The van der Waals surface area contributed by atoms with Crippen LogP contribution in [0.4, 0.5) is 0 Å². The molecule has 17 heavy (non-hydrogen) atoms. The van der Waals surface area contributed by atoms with E-state index in [1.807, 2.05) is 65.0 Å². The Morgan fingerprint density at radius 2 is 1.24 bits per heavy atom. The molecule has 0 fully saturated rings. The molecule has 0 atom stereocenters. The molecule has 0 saturated carbocycles. The first-order chi connectivity index (χ1) is 8.29. The van der Waals surface area contributed by atoms with Gasteiger partial charge in [0.2, 0.25) is 0 Å². The van der Waals surface area contributed by atoms with E-state index in [9.17, 15) is 0 Å². The third kappa shape index (κ3) is 12.4. The second-order valence-corrected chi connectivity index (χ2v) is 2.88. The highest BCUT2D eigenvalue weighted by Crippen LogP contribution is 1.93. The summed E-state index contributed by atoms with van der Waals surface area (Å²) in [6, 6.07) is 14.0. The second-order valence-electron chi connectivity index (χ2n) is 2.88. The number of aryl methyl sites for hydroxylation is 2. The maximum atomic E-state index is 4.83. The van der Waals surface area contributed by atoms with Gasteiger partial charge in [0.25, 0.3) is 0 Å². The smallest absolute Gasteiger partial charge is 0.100 e. The van der Waals surface area contributed by atoms with E-state index in [0.29, 0.717) is 0 Å². The summed E-state index contributed by atoms with van der Waals surface area (Å²) < 4.78 is 4.83. The van der Waals surface area contributed by atoms with Crippen molar-refractivity contribution in [2.24, 2.45) is 0 Å². The van der Waals surface area contributed by atoms with E-state index in [1.165, 1.54) is 5.56 Å². The maximum absolute atomic E-state index is 4.83. The van der Waals surface area contributed by atoms with Crippen LogP contribution < -0.4 is 0 Å². The Balaban J connectivity index is 0. The van der Waals surface area contributed by atoms with Gasteiger partial charge in [-0.15, -0.1) is 0 Å². The molecule has 1 heterocycles. The lowest BCUT2D eigenvalue weighted by Crippen LogP contribution is -1.62. The van der Waals surface area contributed by atoms with Crippen LogP contribution >= 0.6 is 0 Å². The maximum Gasteiger partial charge on any atom is 0.100 e. The van der Waals surface area contributed by atoms with E-state index in [2.05, 4.69) is 19.1 Å². The van der Waals surface area contributed by atoms with Crippen LogP contribution in [0.3, 0.4) is 0 Å². The highest BCUT2D eigenvalue weighted by atomic mass is 16.3. The molecule has 0 saturated heterocycles. The minimum Gasteiger partial charge on any atom is -0.470 e. The van der Waals surface area contributed by atoms with Crippen LogP contribution in [-0.2, 0) is 0 Å². The molecular weight excluding hydrogens is 208 g/mol. The molecule has 0 aliphatic heterocycles. The van der Waals surface area contributed by atoms with Crippen LogP contribution in [-0.4, -0.2) is 0 Å². The lowest BCUT2D eigenvalue weighted by atomic mass is 10.2. The van der Waals surface area contributed by atoms with Crippen LogP contribution in [0, 0.1) is 13.8 Å². The summed E-state index contributed by atoms with van der Waals surface area (Å²) in [5.74, 6) is 0.968. The number of hydrogen-bond donors (Lipinski definition) is 0. The van der Waals surface area contributed by atoms with Gasteiger partial charge in [-0.25, -0.2) is 0 Å². The summed E-state index contributed by atoms with van der Waals surface area (Å²) in [4.78, 5) is 0. The summed E-state index contributed by atoms with van der Waals surface area (Å²) in [6.45, 7) is 12.0. The van der Waals surface area contributed by atoms with Crippen LogP contribution in [0.2, 0.25) is 0 Å². The number of hydrogen-bond acceptors (Lipinski definition) is 1. The van der Waals surface area contributed by atoms with E-state index in [1.54, 1.807) is 6.26 Å². The zero-order chi connectivity index (χ0) is 13.5. The SMILES string of the molecule is CC.CC.Cc1ccccc1.Cc1ccco1. The van der Waals surface area contributed by atoms with Crippen LogP contribution in [0.5, 0.6) is 0 Å². The van der Waals surface area contributed by atoms with E-state index < -0.39 is 0 Å². The fourth-order valence-electron chi connectivity index (χ4n) is 0.895. The first kappa shape index (κ1) is 17.9. The molecular formula is C16H26O. The molecule has 2 aromatic rings. The minimum atomic E-state index is 0.968. The van der Waals surface area contributed by atoms with E-state index in [0.717, 1.165) is 5.76 Å². The Labute approximate surface area is 106 Å². The molecule has 0 spiro atoms. The molecule has 96 valence electrons. The lowest BCUT2D eigenvalue weighted by Gasteiger charge is -1.82. The molecule has 1 nitrogen and oxygen atoms in total. The number of benzene rings is 1. The van der Waals surface area contributed by atoms with E-state index >= 15 is 0 Å². The summed E-state index contributed by atoms with van der Waals surface area (Å²) in [6.07, 6.45) is 1.66. The Morgan fingerprint density at radius 1 is 0.706 bits per heavy atom. The largest absolute Gasteiger partial charge is 0.470 e. The van der Waals surface area contributed by atoms with Gasteiger partial charge < -0.3 is 4.42 Å². The normalized spacial score (nSPS) is 7.41. The predicted molar refractivity (Wildman–Crippen MR) is 77.3 cm³/mol. The third-order valence-electron chi connectivity index (χ3n) is 1.60. The molecule has 1 heteroatoms. The summed E-state index contributed by atoms with van der Waals surface area (Å²) in [7, 11) is 0. The van der Waals surface area contributed by atoms with Gasteiger partial charge in [-0.05, 0) is 26.0 Å². The standard InChI is InChI=1S/C7H8.C5H6O.2C2H6/c1-7-5-3-2-4-6-7;1-5-3-2-4-6-5;2*1-2/h2-6H,1H3;2-4H,1H3;2*1-2H3. The first-order valence-electron chi connectivity index (χ1n) is 6.31. The highest BCUT2D eigenvalue weighted by Gasteiger charge is 1.76. The zero-order valence-electron chi connectivity index (χ0n) is 12.0. The Bertz CT molecular complexity index is 309.